The van der Waals surface area contributed by atoms with E-state index in [-0.39, 0.29) is 32.7 Å². The van der Waals surface area contributed by atoms with E-state index in [4.69, 9.17) is 0 Å². The molecule has 0 aliphatic carbocycles. The molecule has 1 heterocycles. The topological polar surface area (TPSA) is 22.0 Å². The number of aryl methyl sites for hydroxylation is 1. The molecule has 1 radical (unpaired) electrons. The molecule has 2 aromatic rings. The Morgan fingerprint density at radius 1 is 1.35 bits per heavy atom. The van der Waals surface area contributed by atoms with Crippen LogP contribution in [0.3, 0.4) is 0 Å². The van der Waals surface area contributed by atoms with E-state index in [0.717, 1.165) is 15.7 Å². The minimum atomic E-state index is -2.58. The van der Waals surface area contributed by atoms with E-state index in [1.54, 1.807) is 6.07 Å². The number of nitrogens with zero attached hydrogens (tertiary/aromatic N) is 1. The predicted octanol–water partition coefficient (Wildman–Crippen LogP) is 3.49. The first-order valence-electron chi connectivity index (χ1n) is 5.66. The normalized spacial score (nSPS) is 10.4. The Kier molecular flexibility index (Phi) is 6.94. The Morgan fingerprint density at radius 3 is 2.60 bits per heavy atom. The zero-order valence-corrected chi connectivity index (χ0v) is 15.7. The summed E-state index contributed by atoms with van der Waals surface area (Å²) in [5, 5.41) is 0. The molecule has 2 rings (SSSR count). The van der Waals surface area contributed by atoms with Crippen LogP contribution in [-0.4, -0.2) is 11.0 Å². The molecule has 0 N–H and O–H groups in total. The SMILES string of the molecule is Cc1ccccc1-c1[c-]cc(I)c(=O)n1CC(F)F.[Y]. The summed E-state index contributed by atoms with van der Waals surface area (Å²) in [4.78, 5) is 12.0. The van der Waals surface area contributed by atoms with Gasteiger partial charge in [0.2, 0.25) is 5.56 Å². The Bertz CT molecular complexity index is 658. The summed E-state index contributed by atoms with van der Waals surface area (Å²) in [7, 11) is 0. The third-order valence-electron chi connectivity index (χ3n) is 2.78. The van der Waals surface area contributed by atoms with Gasteiger partial charge in [-0.1, -0.05) is 41.9 Å². The van der Waals surface area contributed by atoms with Crippen LogP contribution < -0.4 is 5.56 Å². The molecule has 1 aromatic carbocycles. The molecule has 0 spiro atoms. The number of hydrogen-bond donors (Lipinski definition) is 0. The molecule has 0 bridgehead atoms. The number of hydrogen-bond acceptors (Lipinski definition) is 1. The van der Waals surface area contributed by atoms with E-state index in [1.807, 2.05) is 47.7 Å². The van der Waals surface area contributed by atoms with Gasteiger partial charge in [-0.2, -0.15) is 12.1 Å². The fourth-order valence-electron chi connectivity index (χ4n) is 1.88. The van der Waals surface area contributed by atoms with E-state index >= 15 is 0 Å². The van der Waals surface area contributed by atoms with Crippen LogP contribution in [0, 0.1) is 16.6 Å². The summed E-state index contributed by atoms with van der Waals surface area (Å²) in [5.74, 6) is 0. The van der Waals surface area contributed by atoms with Gasteiger partial charge in [0.1, 0.15) is 0 Å². The minimum Gasteiger partial charge on any atom is -0.336 e. The molecule has 0 atom stereocenters. The van der Waals surface area contributed by atoms with Crippen LogP contribution in [0.1, 0.15) is 5.56 Å². The first kappa shape index (κ1) is 17.9. The standard InChI is InChI=1S/C14H11F2INO.Y/c1-9-4-2-3-5-10(9)12-7-6-11(17)14(19)18(12)8-13(15)16;/h2-6,13H,8H2,1H3;/q-1;. The molecule has 103 valence electrons. The molecule has 0 aliphatic heterocycles. The van der Waals surface area contributed by atoms with Gasteiger partial charge < -0.3 is 4.57 Å². The van der Waals surface area contributed by atoms with Crippen molar-refractivity contribution in [1.82, 2.24) is 4.57 Å². The maximum Gasteiger partial charge on any atom is 0.256 e. The maximum absolute atomic E-state index is 12.7. The van der Waals surface area contributed by atoms with Crippen molar-refractivity contribution in [2.75, 3.05) is 0 Å². The molecule has 0 saturated heterocycles. The molecule has 0 saturated carbocycles. The fraction of sp³-hybridized carbons (Fsp3) is 0.214. The summed E-state index contributed by atoms with van der Waals surface area (Å²) >= 11 is 1.83. The van der Waals surface area contributed by atoms with Gasteiger partial charge in [0, 0.05) is 32.7 Å². The van der Waals surface area contributed by atoms with Crippen molar-refractivity contribution in [3.05, 3.63) is 55.9 Å². The summed E-state index contributed by atoms with van der Waals surface area (Å²) in [6, 6.07) is 11.8. The van der Waals surface area contributed by atoms with E-state index in [9.17, 15) is 13.6 Å². The zero-order chi connectivity index (χ0) is 14.0. The molecule has 0 unspecified atom stereocenters. The van der Waals surface area contributed by atoms with Gasteiger partial charge in [0.25, 0.3) is 6.43 Å². The summed E-state index contributed by atoms with van der Waals surface area (Å²) in [5.41, 5.74) is 1.67. The molecular formula is C14H11F2INOY-. The molecule has 0 fully saturated rings. The predicted molar refractivity (Wildman–Crippen MR) is 78.4 cm³/mol. The molecule has 2 nitrogen and oxygen atoms in total. The smallest absolute Gasteiger partial charge is 0.256 e. The third-order valence-corrected chi connectivity index (χ3v) is 3.55. The van der Waals surface area contributed by atoms with Crippen LogP contribution in [0.25, 0.3) is 11.3 Å². The molecule has 20 heavy (non-hydrogen) atoms. The van der Waals surface area contributed by atoms with Gasteiger partial charge in [0.05, 0.1) is 6.54 Å². The Labute approximate surface area is 154 Å². The van der Waals surface area contributed by atoms with Crippen LogP contribution in [0.4, 0.5) is 8.78 Å². The summed E-state index contributed by atoms with van der Waals surface area (Å²) in [6.07, 6.45) is -2.58. The molecule has 6 heteroatoms. The van der Waals surface area contributed by atoms with E-state index in [2.05, 4.69) is 6.07 Å². The second kappa shape index (κ2) is 7.75. The number of halogens is 3. The second-order valence-electron chi connectivity index (χ2n) is 4.11. The van der Waals surface area contributed by atoms with Gasteiger partial charge in [-0.3, -0.25) is 4.79 Å². The number of aromatic nitrogens is 1. The minimum absolute atomic E-state index is 0. The molecule has 1 aromatic heterocycles. The van der Waals surface area contributed by atoms with Crippen molar-refractivity contribution < 1.29 is 41.5 Å². The van der Waals surface area contributed by atoms with Crippen LogP contribution in [0.15, 0.2) is 35.1 Å². The zero-order valence-electron chi connectivity index (χ0n) is 10.7. The number of benzene rings is 1. The second-order valence-corrected chi connectivity index (χ2v) is 5.27. The fourth-order valence-corrected chi connectivity index (χ4v) is 2.32. The Hall–Kier alpha value is -0.136. The summed E-state index contributed by atoms with van der Waals surface area (Å²) in [6.45, 7) is 1.26. The van der Waals surface area contributed by atoms with E-state index < -0.39 is 18.5 Å². The third kappa shape index (κ3) is 3.95. The first-order chi connectivity index (χ1) is 9.00. The summed E-state index contributed by atoms with van der Waals surface area (Å²) < 4.78 is 26.8. The van der Waals surface area contributed by atoms with Gasteiger partial charge >= 0.3 is 0 Å². The van der Waals surface area contributed by atoms with Crippen LogP contribution >= 0.6 is 22.6 Å². The van der Waals surface area contributed by atoms with Crippen molar-refractivity contribution in [2.24, 2.45) is 0 Å². The van der Waals surface area contributed by atoms with Gasteiger partial charge in [0.15, 0.2) is 0 Å². The van der Waals surface area contributed by atoms with Gasteiger partial charge in [-0.05, 0) is 3.57 Å². The van der Waals surface area contributed by atoms with Crippen molar-refractivity contribution >= 4 is 22.6 Å². The average Bonchev–Trinajstić information content (AvgIpc) is 2.36. The van der Waals surface area contributed by atoms with Gasteiger partial charge in [-0.15, -0.1) is 28.7 Å². The maximum atomic E-state index is 12.7. The number of pyridine rings is 1. The molecular weight excluding hydrogens is 452 g/mol. The quantitative estimate of drug-likeness (QED) is 0.505. The first-order valence-corrected chi connectivity index (χ1v) is 6.73. The monoisotopic (exact) mass is 463 g/mol. The van der Waals surface area contributed by atoms with Crippen LogP contribution in [0.5, 0.6) is 0 Å². The Balaban J connectivity index is 0.00000200. The van der Waals surface area contributed by atoms with E-state index in [0.29, 0.717) is 9.26 Å². The largest absolute Gasteiger partial charge is 0.336 e. The van der Waals surface area contributed by atoms with Crippen LogP contribution in [0.2, 0.25) is 0 Å². The van der Waals surface area contributed by atoms with Crippen molar-refractivity contribution in [2.45, 2.75) is 19.9 Å². The van der Waals surface area contributed by atoms with E-state index in [1.165, 1.54) is 6.07 Å². The average molecular weight is 463 g/mol. The van der Waals surface area contributed by atoms with Crippen LogP contribution in [-0.2, 0) is 39.3 Å². The van der Waals surface area contributed by atoms with Crippen molar-refractivity contribution in [3.8, 4) is 11.3 Å². The van der Waals surface area contributed by atoms with Crippen molar-refractivity contribution in [3.63, 3.8) is 0 Å². The Morgan fingerprint density at radius 2 is 2.00 bits per heavy atom. The van der Waals surface area contributed by atoms with Crippen molar-refractivity contribution in [1.29, 1.82) is 0 Å². The molecule has 0 aliphatic rings. The number of alkyl halides is 2. The van der Waals surface area contributed by atoms with Gasteiger partial charge in [-0.25, -0.2) is 8.78 Å². The molecule has 0 amide bonds. The number of rotatable bonds is 3.